The molecule has 0 aromatic heterocycles. The van der Waals surface area contributed by atoms with E-state index in [-0.39, 0.29) is 5.56 Å². The smallest absolute Gasteiger partial charge is 0.255 e. The van der Waals surface area contributed by atoms with Gasteiger partial charge in [-0.2, -0.15) is 0 Å². The molecular weight excluding hydrogens is 337 g/mol. The SMILES string of the molecule is NC(=O)CN(CC(N)=O)C(=O)c1cc(Cl)ccc1Br. The van der Waals surface area contributed by atoms with E-state index in [0.717, 1.165) is 4.90 Å². The van der Waals surface area contributed by atoms with Crippen molar-refractivity contribution in [2.24, 2.45) is 11.5 Å². The fraction of sp³-hybridized carbons (Fsp3) is 0.182. The Balaban J connectivity index is 3.07. The van der Waals surface area contributed by atoms with E-state index in [1.165, 1.54) is 6.07 Å². The van der Waals surface area contributed by atoms with E-state index in [0.29, 0.717) is 9.50 Å². The largest absolute Gasteiger partial charge is 0.368 e. The molecule has 0 aliphatic rings. The normalized spacial score (nSPS) is 10.0. The van der Waals surface area contributed by atoms with Crippen LogP contribution in [0.15, 0.2) is 22.7 Å². The summed E-state index contributed by atoms with van der Waals surface area (Å²) >= 11 is 9.00. The van der Waals surface area contributed by atoms with E-state index in [4.69, 9.17) is 23.1 Å². The van der Waals surface area contributed by atoms with Gasteiger partial charge in [-0.15, -0.1) is 0 Å². The summed E-state index contributed by atoms with van der Waals surface area (Å²) in [6, 6.07) is 4.60. The molecule has 0 aliphatic heterocycles. The summed E-state index contributed by atoms with van der Waals surface area (Å²) in [6.07, 6.45) is 0. The maximum Gasteiger partial charge on any atom is 0.255 e. The van der Waals surface area contributed by atoms with Gasteiger partial charge in [-0.25, -0.2) is 0 Å². The second-order valence-corrected chi connectivity index (χ2v) is 5.01. The first-order valence-electron chi connectivity index (χ1n) is 5.12. The van der Waals surface area contributed by atoms with E-state index in [2.05, 4.69) is 15.9 Å². The van der Waals surface area contributed by atoms with Crippen molar-refractivity contribution in [3.05, 3.63) is 33.3 Å². The van der Waals surface area contributed by atoms with Crippen LogP contribution in [0.3, 0.4) is 0 Å². The first-order valence-corrected chi connectivity index (χ1v) is 6.29. The number of primary amides is 2. The number of rotatable bonds is 5. The highest BCUT2D eigenvalue weighted by molar-refractivity contribution is 9.10. The van der Waals surface area contributed by atoms with Gasteiger partial charge < -0.3 is 16.4 Å². The van der Waals surface area contributed by atoms with Gasteiger partial charge in [-0.1, -0.05) is 11.6 Å². The number of benzene rings is 1. The van der Waals surface area contributed by atoms with Crippen LogP contribution in [-0.2, 0) is 9.59 Å². The minimum absolute atomic E-state index is 0.218. The Kier molecular flexibility index (Phi) is 5.31. The minimum atomic E-state index is -0.743. The number of carbonyl (C=O) groups is 3. The summed E-state index contributed by atoms with van der Waals surface area (Å²) in [5.74, 6) is -2.05. The van der Waals surface area contributed by atoms with Crippen molar-refractivity contribution in [3.63, 3.8) is 0 Å². The van der Waals surface area contributed by atoms with Crippen LogP contribution in [0.4, 0.5) is 0 Å². The molecule has 1 aromatic rings. The van der Waals surface area contributed by atoms with Gasteiger partial charge in [0.25, 0.3) is 5.91 Å². The fourth-order valence-electron chi connectivity index (χ4n) is 1.41. The van der Waals surface area contributed by atoms with Crippen molar-refractivity contribution in [2.45, 2.75) is 0 Å². The van der Waals surface area contributed by atoms with E-state index in [1.807, 2.05) is 0 Å². The Morgan fingerprint density at radius 1 is 1.16 bits per heavy atom. The summed E-state index contributed by atoms with van der Waals surface area (Å²) in [6.45, 7) is -0.804. The third kappa shape index (κ3) is 4.53. The van der Waals surface area contributed by atoms with E-state index in [1.54, 1.807) is 12.1 Å². The molecule has 0 spiro atoms. The van der Waals surface area contributed by atoms with Crippen LogP contribution in [0.1, 0.15) is 10.4 Å². The molecule has 6 nitrogen and oxygen atoms in total. The number of nitrogens with two attached hydrogens (primary N) is 2. The van der Waals surface area contributed by atoms with Gasteiger partial charge in [0.1, 0.15) is 13.1 Å². The van der Waals surface area contributed by atoms with Crippen molar-refractivity contribution < 1.29 is 14.4 Å². The predicted octanol–water partition coefficient (Wildman–Crippen LogP) is 0.515. The van der Waals surface area contributed by atoms with E-state index in [9.17, 15) is 14.4 Å². The lowest BCUT2D eigenvalue weighted by Crippen LogP contribution is -2.43. The molecule has 0 saturated heterocycles. The number of hydrogen-bond acceptors (Lipinski definition) is 3. The maximum absolute atomic E-state index is 12.2. The predicted molar refractivity (Wildman–Crippen MR) is 73.4 cm³/mol. The first-order chi connectivity index (χ1) is 8.81. The molecule has 0 saturated carbocycles. The van der Waals surface area contributed by atoms with Gasteiger partial charge in [0, 0.05) is 9.50 Å². The third-order valence-corrected chi connectivity index (χ3v) is 3.07. The molecule has 0 heterocycles. The van der Waals surface area contributed by atoms with Crippen LogP contribution in [0, 0.1) is 0 Å². The zero-order valence-electron chi connectivity index (χ0n) is 9.73. The molecule has 0 fully saturated rings. The van der Waals surface area contributed by atoms with Crippen molar-refractivity contribution in [3.8, 4) is 0 Å². The Bertz CT molecular complexity index is 520. The lowest BCUT2D eigenvalue weighted by Gasteiger charge is -2.20. The summed E-state index contributed by atoms with van der Waals surface area (Å²) < 4.78 is 0.487. The average molecular weight is 349 g/mol. The molecule has 4 N–H and O–H groups in total. The second-order valence-electron chi connectivity index (χ2n) is 3.72. The van der Waals surface area contributed by atoms with Crippen molar-refractivity contribution in [1.29, 1.82) is 0 Å². The highest BCUT2D eigenvalue weighted by Gasteiger charge is 2.21. The molecule has 0 bridgehead atoms. The number of halogens is 2. The average Bonchev–Trinajstić information content (AvgIpc) is 2.29. The van der Waals surface area contributed by atoms with Crippen LogP contribution in [0.25, 0.3) is 0 Å². The van der Waals surface area contributed by atoms with Gasteiger partial charge in [-0.05, 0) is 34.1 Å². The molecule has 8 heteroatoms. The Hall–Kier alpha value is -1.60. The highest BCUT2D eigenvalue weighted by atomic mass is 79.9. The molecule has 102 valence electrons. The van der Waals surface area contributed by atoms with E-state index >= 15 is 0 Å². The van der Waals surface area contributed by atoms with Crippen molar-refractivity contribution >= 4 is 45.3 Å². The molecule has 1 aromatic carbocycles. The number of hydrogen-bond donors (Lipinski definition) is 2. The van der Waals surface area contributed by atoms with E-state index < -0.39 is 30.8 Å². The Labute approximate surface area is 122 Å². The van der Waals surface area contributed by atoms with Gasteiger partial charge in [0.05, 0.1) is 5.56 Å². The standard InChI is InChI=1S/C11H11BrClN3O3/c12-8-2-1-6(13)3-7(8)11(19)16(4-9(14)17)5-10(15)18/h1-3H,4-5H2,(H2,14,17)(H2,15,18). The maximum atomic E-state index is 12.2. The summed E-state index contributed by atoms with van der Waals surface area (Å²) in [4.78, 5) is 35.0. The number of amides is 3. The van der Waals surface area contributed by atoms with Crippen LogP contribution in [0.5, 0.6) is 0 Å². The molecule has 3 amide bonds. The third-order valence-electron chi connectivity index (χ3n) is 2.14. The van der Waals surface area contributed by atoms with Crippen molar-refractivity contribution in [1.82, 2.24) is 4.90 Å². The van der Waals surface area contributed by atoms with Gasteiger partial charge >= 0.3 is 0 Å². The molecular formula is C11H11BrClN3O3. The van der Waals surface area contributed by atoms with Crippen molar-refractivity contribution in [2.75, 3.05) is 13.1 Å². The Morgan fingerprint density at radius 2 is 1.68 bits per heavy atom. The zero-order chi connectivity index (χ0) is 14.6. The van der Waals surface area contributed by atoms with Crippen LogP contribution in [-0.4, -0.2) is 35.7 Å². The Morgan fingerprint density at radius 3 is 2.16 bits per heavy atom. The first kappa shape index (κ1) is 15.5. The lowest BCUT2D eigenvalue weighted by molar-refractivity contribution is -0.121. The monoisotopic (exact) mass is 347 g/mol. The lowest BCUT2D eigenvalue weighted by atomic mass is 10.2. The summed E-state index contributed by atoms with van der Waals surface area (Å²) in [7, 11) is 0. The van der Waals surface area contributed by atoms with Crippen LogP contribution >= 0.6 is 27.5 Å². The summed E-state index contributed by atoms with van der Waals surface area (Å²) in [5.41, 5.74) is 10.3. The fourth-order valence-corrected chi connectivity index (χ4v) is 2.00. The topological polar surface area (TPSA) is 106 Å². The van der Waals surface area contributed by atoms with Gasteiger partial charge in [-0.3, -0.25) is 14.4 Å². The van der Waals surface area contributed by atoms with Gasteiger partial charge in [0.15, 0.2) is 0 Å². The molecule has 1 rings (SSSR count). The minimum Gasteiger partial charge on any atom is -0.368 e. The quantitative estimate of drug-likeness (QED) is 0.810. The summed E-state index contributed by atoms with van der Waals surface area (Å²) in [5, 5.41) is 0.352. The molecule has 0 radical (unpaired) electrons. The highest BCUT2D eigenvalue weighted by Crippen LogP contribution is 2.22. The number of nitrogens with zero attached hydrogens (tertiary/aromatic N) is 1. The molecule has 0 unspecified atom stereocenters. The molecule has 0 aliphatic carbocycles. The van der Waals surface area contributed by atoms with Gasteiger partial charge in [0.2, 0.25) is 11.8 Å². The second kappa shape index (κ2) is 6.53. The van der Waals surface area contributed by atoms with Crippen LogP contribution < -0.4 is 11.5 Å². The zero-order valence-corrected chi connectivity index (χ0v) is 12.1. The van der Waals surface area contributed by atoms with Crippen LogP contribution in [0.2, 0.25) is 5.02 Å². The number of carbonyl (C=O) groups excluding carboxylic acids is 3. The molecule has 19 heavy (non-hydrogen) atoms. The molecule has 0 atom stereocenters.